The van der Waals surface area contributed by atoms with Crippen LogP contribution in [0.2, 0.25) is 0 Å². The Kier molecular flexibility index (Phi) is 52.0. The van der Waals surface area contributed by atoms with Crippen LogP contribution in [-0.4, -0.2) is 87.5 Å². The fraction of sp³-hybridized carbons (Fsp3) is 0.953. The van der Waals surface area contributed by atoms with Crippen LogP contribution < -0.4 is 5.32 Å². The van der Waals surface area contributed by atoms with Gasteiger partial charge in [0.25, 0.3) is 0 Å². The molecule has 9 nitrogen and oxygen atoms in total. The summed E-state index contributed by atoms with van der Waals surface area (Å²) < 4.78 is 11.4. The molecule has 1 aliphatic rings. The van der Waals surface area contributed by atoms with Gasteiger partial charge in [0.05, 0.1) is 25.4 Å². The van der Waals surface area contributed by atoms with Gasteiger partial charge in [-0.2, -0.15) is 0 Å². The largest absolute Gasteiger partial charge is 0.394 e. The third kappa shape index (κ3) is 43.6. The highest BCUT2D eigenvalue weighted by atomic mass is 16.7. The molecule has 1 saturated heterocycles. The molecule has 73 heavy (non-hydrogen) atoms. The summed E-state index contributed by atoms with van der Waals surface area (Å²) in [6.07, 6.45) is 61.2. The molecule has 6 N–H and O–H groups in total. The summed E-state index contributed by atoms with van der Waals surface area (Å²) in [4.78, 5) is 13.1. The van der Waals surface area contributed by atoms with Gasteiger partial charge < -0.3 is 40.3 Å². The Hall–Kier alpha value is -1.07. The number of allylic oxidation sites excluding steroid dienone is 2. The maximum Gasteiger partial charge on any atom is 0.220 e. The van der Waals surface area contributed by atoms with Crippen molar-refractivity contribution < 1.29 is 39.8 Å². The number of hydrogen-bond acceptors (Lipinski definition) is 8. The first-order valence-corrected chi connectivity index (χ1v) is 32.4. The van der Waals surface area contributed by atoms with E-state index < -0.39 is 49.5 Å². The Morgan fingerprint density at radius 1 is 0.452 bits per heavy atom. The third-order valence-electron chi connectivity index (χ3n) is 15.9. The van der Waals surface area contributed by atoms with Gasteiger partial charge in [-0.1, -0.05) is 302 Å². The Labute approximate surface area is 452 Å². The minimum Gasteiger partial charge on any atom is -0.394 e. The first kappa shape index (κ1) is 69.9. The van der Waals surface area contributed by atoms with Crippen LogP contribution in [0.5, 0.6) is 0 Å². The molecule has 0 aliphatic carbocycles. The molecule has 7 atom stereocenters. The molecule has 1 aliphatic heterocycles. The monoisotopic (exact) mass is 1040 g/mol. The summed E-state index contributed by atoms with van der Waals surface area (Å²) in [5, 5.41) is 54.8. The van der Waals surface area contributed by atoms with Gasteiger partial charge in [0, 0.05) is 6.42 Å². The van der Waals surface area contributed by atoms with Crippen molar-refractivity contribution in [1.29, 1.82) is 0 Å². The van der Waals surface area contributed by atoms with E-state index in [-0.39, 0.29) is 12.5 Å². The Balaban J connectivity index is 2.15. The van der Waals surface area contributed by atoms with Gasteiger partial charge in [-0.05, 0) is 38.5 Å². The molecule has 7 unspecified atom stereocenters. The molecule has 0 aromatic carbocycles. The lowest BCUT2D eigenvalue weighted by Gasteiger charge is -2.40. The summed E-state index contributed by atoms with van der Waals surface area (Å²) in [7, 11) is 0. The summed E-state index contributed by atoms with van der Waals surface area (Å²) in [5.41, 5.74) is 0. The van der Waals surface area contributed by atoms with E-state index in [1.54, 1.807) is 0 Å². The Morgan fingerprint density at radius 3 is 1.11 bits per heavy atom. The number of rotatable bonds is 57. The van der Waals surface area contributed by atoms with Crippen molar-refractivity contribution in [2.45, 2.75) is 378 Å². The smallest absolute Gasteiger partial charge is 0.220 e. The number of hydrogen-bond donors (Lipinski definition) is 6. The lowest BCUT2D eigenvalue weighted by atomic mass is 9.99. The number of amides is 1. The molecule has 1 rings (SSSR count). The van der Waals surface area contributed by atoms with Crippen molar-refractivity contribution in [3.8, 4) is 0 Å². The van der Waals surface area contributed by atoms with Crippen LogP contribution in [0.3, 0.4) is 0 Å². The van der Waals surface area contributed by atoms with Crippen LogP contribution in [-0.2, 0) is 14.3 Å². The zero-order valence-corrected chi connectivity index (χ0v) is 48.4. The maximum atomic E-state index is 13.1. The normalized spacial score (nSPS) is 19.0. The number of carbonyl (C=O) groups excluding carboxylic acids is 1. The second-order valence-electron chi connectivity index (χ2n) is 22.9. The van der Waals surface area contributed by atoms with E-state index in [0.29, 0.717) is 12.8 Å². The van der Waals surface area contributed by atoms with Crippen LogP contribution in [0.1, 0.15) is 335 Å². The highest BCUT2D eigenvalue weighted by Crippen LogP contribution is 2.24. The SMILES string of the molecule is CCCCCCCCCCCCCC/C=C\CCCCCCCCCCCCC(=O)NC(COC1OC(CO)C(O)C(O)C1O)C(O)CCCCCCCCCCCCCCCCCCCCCCCCCC. The van der Waals surface area contributed by atoms with E-state index in [9.17, 15) is 30.3 Å². The number of carbonyl (C=O) groups is 1. The summed E-state index contributed by atoms with van der Waals surface area (Å²) in [6.45, 7) is 3.89. The Bertz CT molecular complexity index is 1150. The fourth-order valence-electron chi connectivity index (χ4n) is 10.7. The topological polar surface area (TPSA) is 149 Å². The van der Waals surface area contributed by atoms with Gasteiger partial charge in [0.2, 0.25) is 5.91 Å². The third-order valence-corrected chi connectivity index (χ3v) is 15.9. The van der Waals surface area contributed by atoms with Gasteiger partial charge in [-0.3, -0.25) is 4.79 Å². The van der Waals surface area contributed by atoms with Crippen LogP contribution in [0, 0.1) is 0 Å². The number of nitrogens with one attached hydrogen (secondary N) is 1. The fourth-order valence-corrected chi connectivity index (χ4v) is 10.7. The minimum absolute atomic E-state index is 0.134. The molecule has 0 aromatic rings. The van der Waals surface area contributed by atoms with Gasteiger partial charge in [0.1, 0.15) is 24.4 Å². The average Bonchev–Trinajstić information content (AvgIpc) is 3.39. The molecule has 1 fully saturated rings. The zero-order valence-electron chi connectivity index (χ0n) is 48.4. The average molecular weight is 1040 g/mol. The first-order chi connectivity index (χ1) is 35.8. The van der Waals surface area contributed by atoms with Crippen LogP contribution in [0.15, 0.2) is 12.2 Å². The van der Waals surface area contributed by atoms with E-state index in [0.717, 1.165) is 38.5 Å². The highest BCUT2D eigenvalue weighted by Gasteiger charge is 2.44. The lowest BCUT2D eigenvalue weighted by Crippen LogP contribution is -2.60. The second-order valence-corrected chi connectivity index (χ2v) is 22.9. The van der Waals surface area contributed by atoms with Crippen molar-refractivity contribution in [3.05, 3.63) is 12.2 Å². The van der Waals surface area contributed by atoms with Crippen molar-refractivity contribution in [1.82, 2.24) is 5.32 Å². The summed E-state index contributed by atoms with van der Waals surface area (Å²) in [5.74, 6) is -0.139. The van der Waals surface area contributed by atoms with Crippen molar-refractivity contribution in [2.75, 3.05) is 13.2 Å². The number of aliphatic hydroxyl groups excluding tert-OH is 5. The zero-order chi connectivity index (χ0) is 52.9. The minimum atomic E-state index is -1.55. The summed E-state index contributed by atoms with van der Waals surface area (Å²) in [6, 6.07) is -0.718. The number of ether oxygens (including phenoxy) is 2. The molecule has 9 heteroatoms. The van der Waals surface area contributed by atoms with Crippen molar-refractivity contribution in [2.24, 2.45) is 0 Å². The summed E-state index contributed by atoms with van der Waals surface area (Å²) >= 11 is 0. The molecule has 0 radical (unpaired) electrons. The lowest BCUT2D eigenvalue weighted by molar-refractivity contribution is -0.302. The van der Waals surface area contributed by atoms with Crippen LogP contribution >= 0.6 is 0 Å². The van der Waals surface area contributed by atoms with E-state index in [2.05, 4.69) is 31.3 Å². The quantitative estimate of drug-likeness (QED) is 0.0261. The molecule has 0 saturated carbocycles. The van der Waals surface area contributed by atoms with E-state index in [4.69, 9.17) is 9.47 Å². The molecule has 0 aromatic heterocycles. The van der Waals surface area contributed by atoms with Gasteiger partial charge in [-0.15, -0.1) is 0 Å². The molecule has 1 heterocycles. The van der Waals surface area contributed by atoms with Crippen molar-refractivity contribution in [3.63, 3.8) is 0 Å². The molecular weight excluding hydrogens is 911 g/mol. The van der Waals surface area contributed by atoms with E-state index >= 15 is 0 Å². The van der Waals surface area contributed by atoms with Gasteiger partial charge >= 0.3 is 0 Å². The Morgan fingerprint density at radius 2 is 0.767 bits per heavy atom. The van der Waals surface area contributed by atoms with Crippen LogP contribution in [0.25, 0.3) is 0 Å². The highest BCUT2D eigenvalue weighted by molar-refractivity contribution is 5.76. The molecule has 0 spiro atoms. The van der Waals surface area contributed by atoms with Crippen LogP contribution in [0.4, 0.5) is 0 Å². The standard InChI is InChI=1S/C64H125NO8/c1-3-5-7-9-11-13-15-17-19-21-23-25-27-29-30-32-34-36-38-40-42-44-46-48-50-52-54-60(68)65-57(56-72-64-63(71)62(70)61(69)59(55-66)73-64)58(67)53-51-49-47-45-43-41-39-37-35-33-31-28-26-24-22-20-18-16-14-12-10-8-6-4-2/h29-30,57-59,61-64,66-67,69-71H,3-28,31-56H2,1-2H3,(H,65,68)/b30-29-. The number of unbranched alkanes of at least 4 members (excludes halogenated alkanes) is 45. The molecule has 434 valence electrons. The van der Waals surface area contributed by atoms with E-state index in [1.807, 2.05) is 0 Å². The molecule has 0 bridgehead atoms. The number of aliphatic hydroxyl groups is 5. The molecule has 1 amide bonds. The first-order valence-electron chi connectivity index (χ1n) is 32.4. The molecular formula is C64H125NO8. The van der Waals surface area contributed by atoms with Gasteiger partial charge in [-0.25, -0.2) is 0 Å². The second kappa shape index (κ2) is 54.3. The maximum absolute atomic E-state index is 13.1. The van der Waals surface area contributed by atoms with E-state index in [1.165, 1.54) is 270 Å². The predicted molar refractivity (Wildman–Crippen MR) is 309 cm³/mol. The van der Waals surface area contributed by atoms with Crippen molar-refractivity contribution >= 4 is 5.91 Å². The van der Waals surface area contributed by atoms with Gasteiger partial charge in [0.15, 0.2) is 6.29 Å². The predicted octanol–water partition coefficient (Wildman–Crippen LogP) is 16.7.